The van der Waals surface area contributed by atoms with Crippen molar-refractivity contribution in [3.63, 3.8) is 0 Å². The second-order valence-corrected chi connectivity index (χ2v) is 8.01. The molecule has 0 bridgehead atoms. The predicted molar refractivity (Wildman–Crippen MR) is 108 cm³/mol. The molecule has 0 unspecified atom stereocenters. The topological polar surface area (TPSA) is 52.2 Å². The number of hydrogen-bond donors (Lipinski definition) is 1. The van der Waals surface area contributed by atoms with E-state index < -0.39 is 0 Å². The molecular formula is C22H30N4O. The first-order valence-electron chi connectivity index (χ1n) is 10.3. The van der Waals surface area contributed by atoms with Crippen molar-refractivity contribution in [3.8, 4) is 11.1 Å². The molecular weight excluding hydrogens is 336 g/mol. The number of nitrogens with zero attached hydrogens (tertiary/aromatic N) is 3. The first-order chi connectivity index (χ1) is 13.1. The second kappa shape index (κ2) is 7.85. The minimum absolute atomic E-state index is 0.156. The van der Waals surface area contributed by atoms with Gasteiger partial charge in [0.2, 0.25) is 0 Å². The average molecular weight is 367 g/mol. The molecule has 1 saturated heterocycles. The number of carbonyl (C=O) groups is 1. The van der Waals surface area contributed by atoms with Gasteiger partial charge in [-0.2, -0.15) is 5.10 Å². The summed E-state index contributed by atoms with van der Waals surface area (Å²) in [4.78, 5) is 17.8. The van der Waals surface area contributed by atoms with Crippen molar-refractivity contribution in [2.45, 2.75) is 52.0 Å². The smallest absolute Gasteiger partial charge is 0.253 e. The number of rotatable bonds is 3. The number of carbonyl (C=O) groups excluding carboxylic acids is 1. The van der Waals surface area contributed by atoms with Gasteiger partial charge in [0.15, 0.2) is 0 Å². The summed E-state index contributed by atoms with van der Waals surface area (Å²) < 4.78 is 0. The van der Waals surface area contributed by atoms with Crippen LogP contribution in [0.1, 0.15) is 53.8 Å². The lowest BCUT2D eigenvalue weighted by atomic mass is 10.0. The first-order valence-corrected chi connectivity index (χ1v) is 10.3. The van der Waals surface area contributed by atoms with E-state index in [-0.39, 0.29) is 5.91 Å². The van der Waals surface area contributed by atoms with Gasteiger partial charge in [0.1, 0.15) is 0 Å². The zero-order chi connectivity index (χ0) is 18.8. The lowest BCUT2D eigenvalue weighted by Crippen LogP contribution is -2.38. The molecule has 144 valence electrons. The van der Waals surface area contributed by atoms with Crippen molar-refractivity contribution in [1.82, 2.24) is 20.0 Å². The van der Waals surface area contributed by atoms with Gasteiger partial charge in [0.25, 0.3) is 5.91 Å². The molecule has 4 rings (SSSR count). The highest BCUT2D eigenvalue weighted by atomic mass is 16.2. The van der Waals surface area contributed by atoms with E-state index in [1.165, 1.54) is 25.7 Å². The van der Waals surface area contributed by atoms with E-state index in [1.807, 2.05) is 36.9 Å². The maximum Gasteiger partial charge on any atom is 0.253 e. The molecule has 0 atom stereocenters. The minimum atomic E-state index is 0.156. The number of H-pyrrole nitrogens is 1. The number of aryl methyl sites for hydroxylation is 2. The molecule has 2 aromatic rings. The van der Waals surface area contributed by atoms with Gasteiger partial charge < -0.3 is 4.90 Å². The van der Waals surface area contributed by atoms with Crippen molar-refractivity contribution in [3.05, 3.63) is 41.2 Å². The molecule has 2 heterocycles. The third kappa shape index (κ3) is 3.79. The van der Waals surface area contributed by atoms with Crippen LogP contribution >= 0.6 is 0 Å². The third-order valence-electron chi connectivity index (χ3n) is 6.19. The van der Waals surface area contributed by atoms with Crippen LogP contribution in [0.5, 0.6) is 0 Å². The van der Waals surface area contributed by atoms with Gasteiger partial charge >= 0.3 is 0 Å². The van der Waals surface area contributed by atoms with Crippen LogP contribution < -0.4 is 0 Å². The van der Waals surface area contributed by atoms with Crippen LogP contribution in [0.25, 0.3) is 11.1 Å². The van der Waals surface area contributed by atoms with E-state index in [2.05, 4.69) is 21.2 Å². The van der Waals surface area contributed by atoms with Gasteiger partial charge in [-0.1, -0.05) is 25.0 Å². The predicted octanol–water partition coefficient (Wildman–Crippen LogP) is 3.78. The van der Waals surface area contributed by atoms with Gasteiger partial charge in [-0.15, -0.1) is 0 Å². The Bertz CT molecular complexity index is 787. The quantitative estimate of drug-likeness (QED) is 0.899. The number of aromatic amines is 1. The normalized spacial score (nSPS) is 19.4. The first kappa shape index (κ1) is 18.2. The maximum atomic E-state index is 13.2. The number of benzene rings is 1. The van der Waals surface area contributed by atoms with Gasteiger partial charge in [-0.05, 0) is 50.8 Å². The summed E-state index contributed by atoms with van der Waals surface area (Å²) in [5.74, 6) is 0.156. The number of hydrogen-bond acceptors (Lipinski definition) is 3. The summed E-state index contributed by atoms with van der Waals surface area (Å²) in [5, 5.41) is 7.33. The van der Waals surface area contributed by atoms with Gasteiger partial charge in [0.05, 0.1) is 5.69 Å². The van der Waals surface area contributed by atoms with E-state index in [9.17, 15) is 4.79 Å². The van der Waals surface area contributed by atoms with Crippen LogP contribution in [0.15, 0.2) is 24.3 Å². The molecule has 1 amide bonds. The summed E-state index contributed by atoms with van der Waals surface area (Å²) in [6, 6.07) is 8.75. The molecule has 2 fully saturated rings. The zero-order valence-corrected chi connectivity index (χ0v) is 16.5. The van der Waals surface area contributed by atoms with E-state index in [0.717, 1.165) is 66.7 Å². The highest BCUT2D eigenvalue weighted by molar-refractivity contribution is 5.95. The Hall–Kier alpha value is -2.14. The molecule has 27 heavy (non-hydrogen) atoms. The Morgan fingerprint density at radius 2 is 1.89 bits per heavy atom. The number of nitrogens with one attached hydrogen (secondary N) is 1. The Balaban J connectivity index is 1.49. The van der Waals surface area contributed by atoms with E-state index in [4.69, 9.17) is 0 Å². The van der Waals surface area contributed by atoms with Crippen LogP contribution in [0.2, 0.25) is 0 Å². The Labute approximate surface area is 161 Å². The highest BCUT2D eigenvalue weighted by Gasteiger charge is 2.26. The molecule has 1 aromatic carbocycles. The van der Waals surface area contributed by atoms with E-state index in [1.54, 1.807) is 0 Å². The molecule has 1 aromatic heterocycles. The average Bonchev–Trinajstić information content (AvgIpc) is 3.25. The fourth-order valence-corrected chi connectivity index (χ4v) is 4.74. The molecule has 2 aliphatic rings. The fourth-order valence-electron chi connectivity index (χ4n) is 4.74. The van der Waals surface area contributed by atoms with E-state index >= 15 is 0 Å². The molecule has 5 nitrogen and oxygen atoms in total. The summed E-state index contributed by atoms with van der Waals surface area (Å²) in [5.41, 5.74) is 4.96. The maximum absolute atomic E-state index is 13.2. The summed E-state index contributed by atoms with van der Waals surface area (Å²) in [6.07, 6.45) is 6.47. The Morgan fingerprint density at radius 1 is 1.07 bits per heavy atom. The van der Waals surface area contributed by atoms with Crippen molar-refractivity contribution >= 4 is 5.91 Å². The summed E-state index contributed by atoms with van der Waals surface area (Å²) in [7, 11) is 0. The van der Waals surface area contributed by atoms with Crippen molar-refractivity contribution in [2.75, 3.05) is 26.2 Å². The van der Waals surface area contributed by atoms with Crippen molar-refractivity contribution in [1.29, 1.82) is 0 Å². The van der Waals surface area contributed by atoms with Crippen LogP contribution in [0, 0.1) is 13.8 Å². The monoisotopic (exact) mass is 366 g/mol. The lowest BCUT2D eigenvalue weighted by Gasteiger charge is -2.27. The Morgan fingerprint density at radius 3 is 2.63 bits per heavy atom. The fraction of sp³-hybridized carbons (Fsp3) is 0.545. The summed E-state index contributed by atoms with van der Waals surface area (Å²) in [6.45, 7) is 7.85. The van der Waals surface area contributed by atoms with Crippen molar-refractivity contribution in [2.24, 2.45) is 0 Å². The largest absolute Gasteiger partial charge is 0.337 e. The molecule has 0 radical (unpaired) electrons. The zero-order valence-electron chi connectivity index (χ0n) is 16.5. The Kier molecular flexibility index (Phi) is 5.30. The molecule has 1 saturated carbocycles. The lowest BCUT2D eigenvalue weighted by molar-refractivity contribution is 0.0758. The molecule has 1 aliphatic carbocycles. The molecule has 0 spiro atoms. The van der Waals surface area contributed by atoms with E-state index in [0.29, 0.717) is 0 Å². The summed E-state index contributed by atoms with van der Waals surface area (Å²) >= 11 is 0. The standard InChI is InChI=1S/C22H30N4O/c1-16-21(17(2)24-23-16)18-7-5-8-19(15-18)22(27)26-12-6-11-25(13-14-26)20-9-3-4-10-20/h5,7-8,15,20H,3-4,6,9-14H2,1-2H3,(H,23,24). The molecule has 1 N–H and O–H groups in total. The van der Waals surface area contributed by atoms with Crippen LogP contribution in [-0.2, 0) is 0 Å². The number of amides is 1. The molecule has 1 aliphatic heterocycles. The van der Waals surface area contributed by atoms with Gasteiger partial charge in [-0.25, -0.2) is 0 Å². The van der Waals surface area contributed by atoms with Crippen LogP contribution in [-0.4, -0.2) is 58.1 Å². The highest BCUT2D eigenvalue weighted by Crippen LogP contribution is 2.27. The van der Waals surface area contributed by atoms with Gasteiger partial charge in [-0.3, -0.25) is 14.8 Å². The molecule has 5 heteroatoms. The SMILES string of the molecule is Cc1n[nH]c(C)c1-c1cccc(C(=O)N2CCCN(C3CCCC3)CC2)c1. The van der Waals surface area contributed by atoms with Crippen LogP contribution in [0.3, 0.4) is 0 Å². The van der Waals surface area contributed by atoms with Gasteiger partial charge in [0, 0.05) is 49.0 Å². The third-order valence-corrected chi connectivity index (χ3v) is 6.19. The van der Waals surface area contributed by atoms with Crippen molar-refractivity contribution < 1.29 is 4.79 Å². The minimum Gasteiger partial charge on any atom is -0.337 e. The number of aromatic nitrogens is 2. The second-order valence-electron chi connectivity index (χ2n) is 8.01. The van der Waals surface area contributed by atoms with Crippen LogP contribution in [0.4, 0.5) is 0 Å².